The molecule has 0 fully saturated rings. The van der Waals surface area contributed by atoms with Crippen molar-refractivity contribution in [2.24, 2.45) is 71.0 Å². The van der Waals surface area contributed by atoms with Crippen molar-refractivity contribution in [2.45, 2.75) is 303 Å². The number of rotatable bonds is 47. The van der Waals surface area contributed by atoms with E-state index < -0.39 is 6.10 Å². The average Bonchev–Trinajstić information content (AvgIpc) is 3.24. The minimum absolute atomic E-state index is 0.0933. The van der Waals surface area contributed by atoms with Crippen LogP contribution in [0.25, 0.3) is 0 Å². The Morgan fingerprint density at radius 3 is 0.667 bits per heavy atom. The van der Waals surface area contributed by atoms with Gasteiger partial charge in [0, 0.05) is 19.3 Å². The molecular formula is C63H122O6. The molecule has 0 saturated heterocycles. The molecule has 410 valence electrons. The fourth-order valence-electron chi connectivity index (χ4n) is 10.4. The normalized spacial score (nSPS) is 16.4. The largest absolute Gasteiger partial charge is 0.462 e. The van der Waals surface area contributed by atoms with Gasteiger partial charge in [0.1, 0.15) is 13.2 Å². The van der Waals surface area contributed by atoms with Crippen LogP contribution >= 0.6 is 0 Å². The highest BCUT2D eigenvalue weighted by molar-refractivity contribution is 5.71. The first kappa shape index (κ1) is 67.4. The van der Waals surface area contributed by atoms with Crippen molar-refractivity contribution in [3.8, 4) is 0 Å². The maximum Gasteiger partial charge on any atom is 0.306 e. The van der Waals surface area contributed by atoms with E-state index in [1.807, 2.05) is 0 Å². The van der Waals surface area contributed by atoms with Crippen molar-refractivity contribution < 1.29 is 28.6 Å². The summed E-state index contributed by atoms with van der Waals surface area (Å²) in [7, 11) is 0. The summed E-state index contributed by atoms with van der Waals surface area (Å²) in [6.07, 6.45) is 33.9. The highest BCUT2D eigenvalue weighted by atomic mass is 16.6. The maximum atomic E-state index is 13.3. The smallest absolute Gasteiger partial charge is 0.306 e. The standard InChI is InChI=1S/C63H122O6/c1-48(2)25-16-28-51(7)31-19-34-54(10)37-22-40-57(13)43-61(64)67-46-60(69-63(66)45-59(15)42-24-39-56(12)36-21-33-53(9)30-18-27-50(5)6)47-68-62(65)44-58(14)41-23-38-55(11)35-20-32-52(8)29-17-26-49(3)4/h48-60H,16-47H2,1-15H3. The van der Waals surface area contributed by atoms with Crippen molar-refractivity contribution in [1.82, 2.24) is 0 Å². The fraction of sp³-hybridized carbons (Fsp3) is 0.952. The molecule has 0 saturated carbocycles. The van der Waals surface area contributed by atoms with Gasteiger partial charge in [0.15, 0.2) is 6.10 Å². The molecule has 69 heavy (non-hydrogen) atoms. The minimum atomic E-state index is -0.812. The van der Waals surface area contributed by atoms with Gasteiger partial charge in [-0.1, -0.05) is 277 Å². The molecule has 0 spiro atoms. The Kier molecular flexibility index (Phi) is 41.9. The van der Waals surface area contributed by atoms with E-state index in [4.69, 9.17) is 14.2 Å². The van der Waals surface area contributed by atoms with E-state index in [1.165, 1.54) is 135 Å². The number of ether oxygens (including phenoxy) is 3. The van der Waals surface area contributed by atoms with Crippen LogP contribution in [0, 0.1) is 71.0 Å². The van der Waals surface area contributed by atoms with Gasteiger partial charge in [-0.3, -0.25) is 14.4 Å². The highest BCUT2D eigenvalue weighted by Crippen LogP contribution is 2.26. The fourth-order valence-corrected chi connectivity index (χ4v) is 10.4. The molecule has 0 aliphatic carbocycles. The van der Waals surface area contributed by atoms with Crippen molar-refractivity contribution in [3.63, 3.8) is 0 Å². The molecule has 0 aliphatic rings. The Hall–Kier alpha value is -1.59. The van der Waals surface area contributed by atoms with Crippen LogP contribution in [0.3, 0.4) is 0 Å². The van der Waals surface area contributed by atoms with Gasteiger partial charge >= 0.3 is 17.9 Å². The zero-order valence-electron chi connectivity index (χ0n) is 49.1. The van der Waals surface area contributed by atoms with Crippen LogP contribution in [0.2, 0.25) is 0 Å². The Morgan fingerprint density at radius 2 is 0.449 bits per heavy atom. The Bertz CT molecular complexity index is 1150. The molecule has 9 atom stereocenters. The van der Waals surface area contributed by atoms with Gasteiger partial charge in [0.05, 0.1) is 0 Å². The van der Waals surface area contributed by atoms with Crippen LogP contribution in [0.15, 0.2) is 0 Å². The van der Waals surface area contributed by atoms with Gasteiger partial charge in [-0.05, 0) is 71.0 Å². The maximum absolute atomic E-state index is 13.3. The van der Waals surface area contributed by atoms with Crippen LogP contribution in [0.4, 0.5) is 0 Å². The molecule has 6 nitrogen and oxygen atoms in total. The number of hydrogen-bond donors (Lipinski definition) is 0. The van der Waals surface area contributed by atoms with Crippen molar-refractivity contribution >= 4 is 17.9 Å². The lowest BCUT2D eigenvalue weighted by Gasteiger charge is -2.21. The van der Waals surface area contributed by atoms with Crippen LogP contribution < -0.4 is 0 Å². The van der Waals surface area contributed by atoms with Crippen molar-refractivity contribution in [1.29, 1.82) is 0 Å². The monoisotopic (exact) mass is 975 g/mol. The summed E-state index contributed by atoms with van der Waals surface area (Å²) in [6.45, 7) is 34.4. The molecular weight excluding hydrogens is 853 g/mol. The Labute approximate surface area is 431 Å². The lowest BCUT2D eigenvalue weighted by molar-refractivity contribution is -0.168. The molecule has 0 heterocycles. The number of carbonyl (C=O) groups is 3. The van der Waals surface area contributed by atoms with E-state index in [2.05, 4.69) is 104 Å². The molecule has 0 aromatic heterocycles. The van der Waals surface area contributed by atoms with Gasteiger partial charge < -0.3 is 14.2 Å². The first-order chi connectivity index (χ1) is 32.6. The molecule has 0 aromatic rings. The molecule has 0 aliphatic heterocycles. The first-order valence-electron chi connectivity index (χ1n) is 30.1. The van der Waals surface area contributed by atoms with Gasteiger partial charge in [-0.15, -0.1) is 0 Å². The number of carbonyl (C=O) groups excluding carboxylic acids is 3. The molecule has 0 aromatic carbocycles. The summed E-state index contributed by atoms with van der Waals surface area (Å²) >= 11 is 0. The van der Waals surface area contributed by atoms with Crippen LogP contribution in [-0.2, 0) is 28.6 Å². The molecule has 0 radical (unpaired) electrons. The van der Waals surface area contributed by atoms with Crippen LogP contribution in [0.1, 0.15) is 296 Å². The van der Waals surface area contributed by atoms with E-state index in [-0.39, 0.29) is 48.9 Å². The van der Waals surface area contributed by atoms with E-state index >= 15 is 0 Å². The second-order valence-corrected chi connectivity index (χ2v) is 25.6. The third kappa shape index (κ3) is 44.8. The van der Waals surface area contributed by atoms with Gasteiger partial charge in [-0.25, -0.2) is 0 Å². The second-order valence-electron chi connectivity index (χ2n) is 25.6. The predicted molar refractivity (Wildman–Crippen MR) is 297 cm³/mol. The predicted octanol–water partition coefficient (Wildman–Crippen LogP) is 19.4. The second kappa shape index (κ2) is 42.9. The Morgan fingerprint density at radius 1 is 0.261 bits per heavy atom. The topological polar surface area (TPSA) is 78.9 Å². The summed E-state index contributed by atoms with van der Waals surface area (Å²) in [5, 5.41) is 0. The molecule has 0 bridgehead atoms. The zero-order chi connectivity index (χ0) is 52.0. The average molecular weight is 976 g/mol. The first-order valence-corrected chi connectivity index (χ1v) is 30.1. The Balaban J connectivity index is 4.96. The quantitative estimate of drug-likeness (QED) is 0.0447. The molecule has 0 amide bonds. The van der Waals surface area contributed by atoms with Gasteiger partial charge in [0.25, 0.3) is 0 Å². The highest BCUT2D eigenvalue weighted by Gasteiger charge is 2.23. The summed E-state index contributed by atoms with van der Waals surface area (Å²) in [5.41, 5.74) is 0. The molecule has 0 rings (SSSR count). The lowest BCUT2D eigenvalue weighted by Crippen LogP contribution is -2.31. The third-order valence-corrected chi connectivity index (χ3v) is 15.5. The van der Waals surface area contributed by atoms with E-state index in [1.54, 1.807) is 0 Å². The van der Waals surface area contributed by atoms with Crippen LogP contribution in [-0.4, -0.2) is 37.2 Å². The van der Waals surface area contributed by atoms with Gasteiger partial charge in [0.2, 0.25) is 0 Å². The number of hydrogen-bond acceptors (Lipinski definition) is 6. The van der Waals surface area contributed by atoms with E-state index in [0.29, 0.717) is 37.0 Å². The SMILES string of the molecule is CC(C)CCCC(C)CCCC(C)CCCC(C)CC(=O)OCC(COC(=O)CC(C)CCCC(C)CCCC(C)CCCC(C)C)OC(=O)CC(C)CCCC(C)CCCC(C)CCCC(C)C. The molecule has 6 heteroatoms. The third-order valence-electron chi connectivity index (χ3n) is 15.5. The summed E-state index contributed by atoms with van der Waals surface area (Å²) in [4.78, 5) is 39.5. The minimum Gasteiger partial charge on any atom is -0.462 e. The van der Waals surface area contributed by atoms with E-state index in [0.717, 1.165) is 74.0 Å². The van der Waals surface area contributed by atoms with E-state index in [9.17, 15) is 14.4 Å². The van der Waals surface area contributed by atoms with Crippen molar-refractivity contribution in [2.75, 3.05) is 13.2 Å². The number of esters is 3. The molecule has 9 unspecified atom stereocenters. The van der Waals surface area contributed by atoms with Gasteiger partial charge in [-0.2, -0.15) is 0 Å². The summed E-state index contributed by atoms with van der Waals surface area (Å²) in [5.74, 6) is 6.70. The summed E-state index contributed by atoms with van der Waals surface area (Å²) in [6, 6.07) is 0. The summed E-state index contributed by atoms with van der Waals surface area (Å²) < 4.78 is 17.4. The van der Waals surface area contributed by atoms with Crippen molar-refractivity contribution in [3.05, 3.63) is 0 Å². The molecule has 0 N–H and O–H groups in total. The zero-order valence-corrected chi connectivity index (χ0v) is 49.1. The van der Waals surface area contributed by atoms with Crippen LogP contribution in [0.5, 0.6) is 0 Å². The lowest BCUT2D eigenvalue weighted by atomic mass is 9.91.